The average molecular weight is 217 g/mol. The van der Waals surface area contributed by atoms with E-state index in [1.54, 1.807) is 0 Å². The van der Waals surface area contributed by atoms with Crippen LogP contribution in [0.5, 0.6) is 0 Å². The lowest BCUT2D eigenvalue weighted by atomic mass is 10.4. The highest BCUT2D eigenvalue weighted by molar-refractivity contribution is 6.67. The van der Waals surface area contributed by atoms with Crippen molar-refractivity contribution in [3.05, 3.63) is 12.7 Å². The maximum Gasteiger partial charge on any atom is 0.309 e. The molecule has 0 aromatic rings. The van der Waals surface area contributed by atoms with Gasteiger partial charge in [-0.15, -0.1) is 6.58 Å². The molecule has 0 aromatic heterocycles. The number of esters is 1. The Morgan fingerprint density at radius 2 is 2.09 bits per heavy atom. The van der Waals surface area contributed by atoms with Crippen LogP contribution < -0.4 is 0 Å². The quantitative estimate of drug-likeness (QED) is 0.412. The van der Waals surface area contributed by atoms with Crippen molar-refractivity contribution in [1.29, 1.82) is 0 Å². The molecule has 0 unspecified atom stereocenters. The smallest absolute Gasteiger partial charge is 0.309 e. The fourth-order valence-electron chi connectivity index (χ4n) is 0.339. The van der Waals surface area contributed by atoms with Crippen molar-refractivity contribution in [3.8, 4) is 0 Å². The van der Waals surface area contributed by atoms with Gasteiger partial charge in [0, 0.05) is 0 Å². The van der Waals surface area contributed by atoms with E-state index in [4.69, 9.17) is 34.8 Å². The molecule has 0 saturated heterocycles. The number of carbonyl (C=O) groups excluding carboxylic acids is 1. The molecule has 2 nitrogen and oxygen atoms in total. The molecule has 64 valence electrons. The molecule has 11 heavy (non-hydrogen) atoms. The molecule has 0 fully saturated rings. The Hall–Kier alpha value is 0.0800. The summed E-state index contributed by atoms with van der Waals surface area (Å²) in [6.07, 6.45) is 1.54. The lowest BCUT2D eigenvalue weighted by molar-refractivity contribution is -0.142. The lowest BCUT2D eigenvalue weighted by Crippen LogP contribution is -2.16. The first-order valence-corrected chi connectivity index (χ1v) is 3.92. The van der Waals surface area contributed by atoms with Gasteiger partial charge in [0.1, 0.15) is 6.61 Å². The van der Waals surface area contributed by atoms with Crippen LogP contribution in [-0.2, 0) is 9.53 Å². The van der Waals surface area contributed by atoms with E-state index in [0.29, 0.717) is 0 Å². The summed E-state index contributed by atoms with van der Waals surface area (Å²) in [4.78, 5) is 10.6. The highest BCUT2D eigenvalue weighted by Crippen LogP contribution is 2.25. The van der Waals surface area contributed by atoms with E-state index in [1.807, 2.05) is 0 Å². The zero-order chi connectivity index (χ0) is 8.91. The fourth-order valence-corrected chi connectivity index (χ4v) is 0.503. The van der Waals surface area contributed by atoms with Gasteiger partial charge in [-0.2, -0.15) is 0 Å². The number of halogens is 3. The lowest BCUT2D eigenvalue weighted by Gasteiger charge is -2.09. The zero-order valence-corrected chi connectivity index (χ0v) is 7.92. The number of hydrogen-bond donors (Lipinski definition) is 0. The summed E-state index contributed by atoms with van der Waals surface area (Å²) in [7, 11) is 0. The summed E-state index contributed by atoms with van der Waals surface area (Å²) in [5.41, 5.74) is 0. The number of rotatable bonds is 3. The molecule has 5 heteroatoms. The number of alkyl halides is 3. The first-order chi connectivity index (χ1) is 4.95. The standard InChI is InChI=1S/C6H7Cl3O2/c1-2-3-5(10)11-4-6(7,8)9/h2H,1,3-4H2. The van der Waals surface area contributed by atoms with Crippen LogP contribution in [0.25, 0.3) is 0 Å². The number of carbonyl (C=O) groups is 1. The Kier molecular flexibility index (Phi) is 4.89. The molecule has 0 radical (unpaired) electrons. The summed E-state index contributed by atoms with van der Waals surface area (Å²) in [6.45, 7) is 3.11. The van der Waals surface area contributed by atoms with Crippen LogP contribution >= 0.6 is 34.8 Å². The van der Waals surface area contributed by atoms with Crippen molar-refractivity contribution in [2.75, 3.05) is 6.61 Å². The molecule has 0 atom stereocenters. The van der Waals surface area contributed by atoms with Crippen molar-refractivity contribution in [1.82, 2.24) is 0 Å². The molecular formula is C6H7Cl3O2. The summed E-state index contributed by atoms with van der Waals surface area (Å²) >= 11 is 15.9. The summed E-state index contributed by atoms with van der Waals surface area (Å²) in [5, 5.41) is 0. The van der Waals surface area contributed by atoms with Gasteiger partial charge in [-0.1, -0.05) is 40.9 Å². The second kappa shape index (κ2) is 4.86. The average Bonchev–Trinajstić information content (AvgIpc) is 1.83. The molecule has 0 heterocycles. The van der Waals surface area contributed by atoms with Crippen LogP contribution in [0.15, 0.2) is 12.7 Å². The molecule has 0 bridgehead atoms. The third kappa shape index (κ3) is 7.98. The zero-order valence-electron chi connectivity index (χ0n) is 5.65. The largest absolute Gasteiger partial charge is 0.461 e. The molecule has 0 N–H and O–H groups in total. The Labute approximate surface area is 80.1 Å². The maximum atomic E-state index is 10.6. The number of ether oxygens (including phenoxy) is 1. The van der Waals surface area contributed by atoms with Gasteiger partial charge in [-0.25, -0.2) is 0 Å². The minimum Gasteiger partial charge on any atom is -0.461 e. The Balaban J connectivity index is 3.54. The Morgan fingerprint density at radius 1 is 1.55 bits per heavy atom. The highest BCUT2D eigenvalue weighted by Gasteiger charge is 2.21. The van der Waals surface area contributed by atoms with Crippen LogP contribution in [0.4, 0.5) is 0 Å². The third-order valence-corrected chi connectivity index (χ3v) is 1.04. The minimum absolute atomic E-state index is 0.126. The first-order valence-electron chi connectivity index (χ1n) is 2.79. The Morgan fingerprint density at radius 3 is 2.45 bits per heavy atom. The SMILES string of the molecule is C=CCC(=O)OCC(Cl)(Cl)Cl. The minimum atomic E-state index is -1.53. The molecule has 0 aromatic carbocycles. The predicted octanol–water partition coefficient (Wildman–Crippen LogP) is 2.48. The van der Waals surface area contributed by atoms with Gasteiger partial charge >= 0.3 is 5.97 Å². The molecular weight excluding hydrogens is 210 g/mol. The van der Waals surface area contributed by atoms with Crippen molar-refractivity contribution >= 4 is 40.8 Å². The van der Waals surface area contributed by atoms with E-state index in [0.717, 1.165) is 0 Å². The van der Waals surface area contributed by atoms with Gasteiger partial charge in [0.2, 0.25) is 3.79 Å². The highest BCUT2D eigenvalue weighted by atomic mass is 35.6. The van der Waals surface area contributed by atoms with Gasteiger partial charge in [0.15, 0.2) is 0 Å². The van der Waals surface area contributed by atoms with Crippen LogP contribution in [0, 0.1) is 0 Å². The molecule has 0 amide bonds. The maximum absolute atomic E-state index is 10.6. The molecule has 0 saturated carbocycles. The molecule has 0 aliphatic rings. The van der Waals surface area contributed by atoms with Crippen LogP contribution in [0.3, 0.4) is 0 Å². The van der Waals surface area contributed by atoms with E-state index in [9.17, 15) is 4.79 Å². The van der Waals surface area contributed by atoms with E-state index in [1.165, 1.54) is 6.08 Å². The van der Waals surface area contributed by atoms with Crippen molar-refractivity contribution < 1.29 is 9.53 Å². The van der Waals surface area contributed by atoms with E-state index in [2.05, 4.69) is 11.3 Å². The monoisotopic (exact) mass is 216 g/mol. The van der Waals surface area contributed by atoms with E-state index >= 15 is 0 Å². The van der Waals surface area contributed by atoms with Gasteiger partial charge in [0.25, 0.3) is 0 Å². The van der Waals surface area contributed by atoms with Gasteiger partial charge < -0.3 is 4.74 Å². The van der Waals surface area contributed by atoms with Gasteiger partial charge in [-0.05, 0) is 0 Å². The van der Waals surface area contributed by atoms with Gasteiger partial charge in [-0.3, -0.25) is 4.79 Å². The molecule has 0 aliphatic heterocycles. The van der Waals surface area contributed by atoms with E-state index < -0.39 is 9.76 Å². The first kappa shape index (κ1) is 11.1. The van der Waals surface area contributed by atoms with Crippen LogP contribution in [0.2, 0.25) is 0 Å². The number of hydrogen-bond acceptors (Lipinski definition) is 2. The summed E-state index contributed by atoms with van der Waals surface area (Å²) < 4.78 is 3.01. The molecule has 0 aliphatic carbocycles. The topological polar surface area (TPSA) is 26.3 Å². The van der Waals surface area contributed by atoms with Crippen molar-refractivity contribution in [3.63, 3.8) is 0 Å². The second-order valence-electron chi connectivity index (χ2n) is 1.77. The molecule has 0 spiro atoms. The third-order valence-electron chi connectivity index (χ3n) is 0.708. The second-order valence-corrected chi connectivity index (χ2v) is 4.28. The van der Waals surface area contributed by atoms with Crippen molar-refractivity contribution in [2.24, 2.45) is 0 Å². The van der Waals surface area contributed by atoms with Crippen LogP contribution in [0.1, 0.15) is 6.42 Å². The fraction of sp³-hybridized carbons (Fsp3) is 0.500. The van der Waals surface area contributed by atoms with E-state index in [-0.39, 0.29) is 13.0 Å². The summed E-state index contributed by atoms with van der Waals surface area (Å²) in [6, 6.07) is 0. The Bertz CT molecular complexity index is 150. The molecule has 0 rings (SSSR count). The predicted molar refractivity (Wildman–Crippen MR) is 46.1 cm³/mol. The van der Waals surface area contributed by atoms with Crippen LogP contribution in [-0.4, -0.2) is 16.4 Å². The van der Waals surface area contributed by atoms with Crippen molar-refractivity contribution in [2.45, 2.75) is 10.2 Å². The van der Waals surface area contributed by atoms with Gasteiger partial charge in [0.05, 0.1) is 6.42 Å². The summed E-state index contributed by atoms with van der Waals surface area (Å²) in [5.74, 6) is -0.452. The normalized spacial score (nSPS) is 10.8.